The van der Waals surface area contributed by atoms with Gasteiger partial charge in [0.25, 0.3) is 0 Å². The fraction of sp³-hybridized carbons (Fsp3) is 0.765. The molecule has 128 valence electrons. The van der Waals surface area contributed by atoms with E-state index in [1.54, 1.807) is 6.20 Å². The summed E-state index contributed by atoms with van der Waals surface area (Å²) >= 11 is 0. The van der Waals surface area contributed by atoms with E-state index in [9.17, 15) is 4.79 Å². The van der Waals surface area contributed by atoms with Crippen molar-refractivity contribution < 1.29 is 14.3 Å². The molecule has 1 N–H and O–H groups in total. The molecule has 1 aromatic rings. The Morgan fingerprint density at radius 2 is 2.35 bits per heavy atom. The molecular weight excluding hydrogens is 294 g/mol. The van der Waals surface area contributed by atoms with E-state index in [4.69, 9.17) is 9.47 Å². The van der Waals surface area contributed by atoms with E-state index in [1.165, 1.54) is 0 Å². The van der Waals surface area contributed by atoms with Crippen LogP contribution in [0.5, 0.6) is 0 Å². The Labute approximate surface area is 137 Å². The molecular formula is C17H27N3O3. The Morgan fingerprint density at radius 1 is 1.52 bits per heavy atom. The molecule has 6 heteroatoms. The van der Waals surface area contributed by atoms with Gasteiger partial charge in [-0.25, -0.2) is 4.98 Å². The Morgan fingerprint density at radius 3 is 3.04 bits per heavy atom. The number of nitrogens with one attached hydrogen (secondary N) is 1. The second-order valence-corrected chi connectivity index (χ2v) is 6.58. The predicted octanol–water partition coefficient (Wildman–Crippen LogP) is 1.82. The zero-order valence-corrected chi connectivity index (χ0v) is 14.0. The Bertz CT molecular complexity index is 525. The molecule has 3 rings (SSSR count). The molecule has 1 aliphatic heterocycles. The highest BCUT2D eigenvalue weighted by Gasteiger charge is 2.36. The van der Waals surface area contributed by atoms with Gasteiger partial charge in [-0.2, -0.15) is 0 Å². The topological polar surface area (TPSA) is 65.4 Å². The van der Waals surface area contributed by atoms with Gasteiger partial charge in [0, 0.05) is 51.0 Å². The second kappa shape index (κ2) is 7.45. The monoisotopic (exact) mass is 321 g/mol. The van der Waals surface area contributed by atoms with E-state index in [0.29, 0.717) is 6.54 Å². The molecule has 23 heavy (non-hydrogen) atoms. The summed E-state index contributed by atoms with van der Waals surface area (Å²) in [4.78, 5) is 16.7. The molecule has 1 aliphatic carbocycles. The fourth-order valence-electron chi connectivity index (χ4n) is 3.52. The summed E-state index contributed by atoms with van der Waals surface area (Å²) in [7, 11) is 1.98. The van der Waals surface area contributed by atoms with E-state index >= 15 is 0 Å². The van der Waals surface area contributed by atoms with Crippen LogP contribution in [0.15, 0.2) is 12.4 Å². The standard InChI is InChI=1S/C17H27N3O3/c1-3-22-14-9-13(10-14)17(21)19-11-12-5-4-8-23-15(12)16-18-6-7-20(16)2/h6-7,12-15H,3-5,8-11H2,1-2H3,(H,19,21)/t12-,13?,14?,15+/m0/s1. The van der Waals surface area contributed by atoms with E-state index in [2.05, 4.69) is 10.3 Å². The summed E-state index contributed by atoms with van der Waals surface area (Å²) < 4.78 is 13.5. The number of imidazole rings is 1. The van der Waals surface area contributed by atoms with E-state index in [1.807, 2.05) is 24.7 Å². The van der Waals surface area contributed by atoms with Gasteiger partial charge in [-0.05, 0) is 32.6 Å². The average molecular weight is 321 g/mol. The number of hydrogen-bond donors (Lipinski definition) is 1. The van der Waals surface area contributed by atoms with Gasteiger partial charge in [0.2, 0.25) is 5.91 Å². The molecule has 2 atom stereocenters. The lowest BCUT2D eigenvalue weighted by atomic mass is 9.81. The molecule has 0 radical (unpaired) electrons. The van der Waals surface area contributed by atoms with Crippen molar-refractivity contribution in [1.29, 1.82) is 0 Å². The highest BCUT2D eigenvalue weighted by atomic mass is 16.5. The van der Waals surface area contributed by atoms with Crippen molar-refractivity contribution in [1.82, 2.24) is 14.9 Å². The molecule has 1 saturated carbocycles. The van der Waals surface area contributed by atoms with Crippen molar-refractivity contribution in [2.45, 2.75) is 44.8 Å². The molecule has 1 aromatic heterocycles. The smallest absolute Gasteiger partial charge is 0.223 e. The van der Waals surface area contributed by atoms with Crippen molar-refractivity contribution in [2.24, 2.45) is 18.9 Å². The third-order valence-corrected chi connectivity index (χ3v) is 4.96. The number of ether oxygens (including phenoxy) is 2. The molecule has 0 aromatic carbocycles. The van der Waals surface area contributed by atoms with Gasteiger partial charge in [0.15, 0.2) is 0 Å². The maximum absolute atomic E-state index is 12.2. The van der Waals surface area contributed by atoms with Gasteiger partial charge in [-0.15, -0.1) is 0 Å². The SMILES string of the molecule is CCOC1CC(C(=O)NC[C@@H]2CCCO[C@H]2c2nccn2C)C1. The summed E-state index contributed by atoms with van der Waals surface area (Å²) in [6.07, 6.45) is 7.78. The summed E-state index contributed by atoms with van der Waals surface area (Å²) in [5.41, 5.74) is 0. The molecule has 0 unspecified atom stereocenters. The van der Waals surface area contributed by atoms with Crippen LogP contribution in [0.3, 0.4) is 0 Å². The van der Waals surface area contributed by atoms with Crippen LogP contribution in [0.2, 0.25) is 0 Å². The molecule has 1 saturated heterocycles. The van der Waals surface area contributed by atoms with Crippen molar-refractivity contribution in [3.63, 3.8) is 0 Å². The Kier molecular flexibility index (Phi) is 5.33. The number of nitrogens with zero attached hydrogens (tertiary/aromatic N) is 2. The fourth-order valence-corrected chi connectivity index (χ4v) is 3.52. The Hall–Kier alpha value is -1.40. The van der Waals surface area contributed by atoms with Gasteiger partial charge in [0.05, 0.1) is 6.10 Å². The minimum absolute atomic E-state index is 0.0263. The lowest BCUT2D eigenvalue weighted by Crippen LogP contribution is -2.44. The van der Waals surface area contributed by atoms with E-state index in [0.717, 1.165) is 44.7 Å². The molecule has 2 aliphatic rings. The van der Waals surface area contributed by atoms with Gasteiger partial charge in [-0.3, -0.25) is 4.79 Å². The molecule has 1 amide bonds. The number of aryl methyl sites for hydroxylation is 1. The first-order valence-electron chi connectivity index (χ1n) is 8.67. The summed E-state index contributed by atoms with van der Waals surface area (Å²) in [6, 6.07) is 0. The highest BCUT2D eigenvalue weighted by Crippen LogP contribution is 2.33. The third kappa shape index (κ3) is 3.75. The lowest BCUT2D eigenvalue weighted by molar-refractivity contribution is -0.134. The van der Waals surface area contributed by atoms with Crippen LogP contribution >= 0.6 is 0 Å². The third-order valence-electron chi connectivity index (χ3n) is 4.96. The zero-order valence-electron chi connectivity index (χ0n) is 14.0. The van der Waals surface area contributed by atoms with Crippen LogP contribution in [-0.2, 0) is 21.3 Å². The maximum Gasteiger partial charge on any atom is 0.223 e. The second-order valence-electron chi connectivity index (χ2n) is 6.58. The molecule has 6 nitrogen and oxygen atoms in total. The lowest BCUT2D eigenvalue weighted by Gasteiger charge is -2.35. The quantitative estimate of drug-likeness (QED) is 0.868. The molecule has 2 fully saturated rings. The maximum atomic E-state index is 12.2. The number of rotatable bonds is 6. The molecule has 0 bridgehead atoms. The first-order chi connectivity index (χ1) is 11.2. The summed E-state index contributed by atoms with van der Waals surface area (Å²) in [5.74, 6) is 1.51. The van der Waals surface area contributed by atoms with Crippen LogP contribution in [0.25, 0.3) is 0 Å². The van der Waals surface area contributed by atoms with Crippen molar-refractivity contribution in [2.75, 3.05) is 19.8 Å². The minimum Gasteiger partial charge on any atom is -0.378 e. The molecule has 2 heterocycles. The largest absolute Gasteiger partial charge is 0.378 e. The van der Waals surface area contributed by atoms with E-state index < -0.39 is 0 Å². The van der Waals surface area contributed by atoms with Gasteiger partial charge >= 0.3 is 0 Å². The van der Waals surface area contributed by atoms with Crippen LogP contribution in [0.4, 0.5) is 0 Å². The first kappa shape index (κ1) is 16.5. The number of carbonyl (C=O) groups excluding carboxylic acids is 1. The number of aromatic nitrogens is 2. The van der Waals surface area contributed by atoms with Crippen LogP contribution in [0.1, 0.15) is 44.5 Å². The van der Waals surface area contributed by atoms with Gasteiger partial charge < -0.3 is 19.4 Å². The molecule has 0 spiro atoms. The first-order valence-corrected chi connectivity index (χ1v) is 8.67. The number of carbonyl (C=O) groups is 1. The van der Waals surface area contributed by atoms with Crippen molar-refractivity contribution in [3.05, 3.63) is 18.2 Å². The summed E-state index contributed by atoms with van der Waals surface area (Å²) in [5, 5.41) is 3.12. The van der Waals surface area contributed by atoms with Crippen molar-refractivity contribution in [3.8, 4) is 0 Å². The zero-order chi connectivity index (χ0) is 16.2. The normalized spacial score (nSPS) is 30.7. The number of amides is 1. The van der Waals surface area contributed by atoms with Crippen molar-refractivity contribution >= 4 is 5.91 Å². The summed E-state index contributed by atoms with van der Waals surface area (Å²) in [6.45, 7) is 4.14. The van der Waals surface area contributed by atoms with E-state index in [-0.39, 0.29) is 30.0 Å². The Balaban J connectivity index is 1.50. The van der Waals surface area contributed by atoms with Gasteiger partial charge in [-0.1, -0.05) is 0 Å². The minimum atomic E-state index is -0.0263. The average Bonchev–Trinajstić information content (AvgIpc) is 2.94. The van der Waals surface area contributed by atoms with Crippen LogP contribution in [0, 0.1) is 11.8 Å². The highest BCUT2D eigenvalue weighted by molar-refractivity contribution is 5.79. The van der Waals surface area contributed by atoms with Gasteiger partial charge in [0.1, 0.15) is 11.9 Å². The van der Waals surface area contributed by atoms with Crippen LogP contribution < -0.4 is 5.32 Å². The number of hydrogen-bond acceptors (Lipinski definition) is 4. The van der Waals surface area contributed by atoms with Crippen LogP contribution in [-0.4, -0.2) is 41.3 Å². The predicted molar refractivity (Wildman–Crippen MR) is 85.8 cm³/mol.